The van der Waals surface area contributed by atoms with Gasteiger partial charge in [0.25, 0.3) is 0 Å². The van der Waals surface area contributed by atoms with Crippen LogP contribution in [0.3, 0.4) is 0 Å². The van der Waals surface area contributed by atoms with Gasteiger partial charge >= 0.3 is 5.97 Å². The van der Waals surface area contributed by atoms with Gasteiger partial charge in [0.2, 0.25) is 0 Å². The molecule has 1 aromatic rings. The molecule has 0 radical (unpaired) electrons. The van der Waals surface area contributed by atoms with Gasteiger partial charge < -0.3 is 4.74 Å². The normalized spacial score (nSPS) is 14.1. The zero-order chi connectivity index (χ0) is 11.5. The minimum atomic E-state index is -0.547. The van der Waals surface area contributed by atoms with Crippen molar-refractivity contribution in [2.75, 3.05) is 7.11 Å². The first-order valence-electron chi connectivity index (χ1n) is 5.47. The SMILES string of the molecule is COC(=O)c1cc2c(ccc1=O)CCCC2. The number of ether oxygens (including phenoxy) is 1. The molecule has 0 amide bonds. The molecule has 0 N–H and O–H groups in total. The summed E-state index contributed by atoms with van der Waals surface area (Å²) in [5, 5.41) is 0. The molecular formula is C13H14O3. The van der Waals surface area contributed by atoms with E-state index in [1.807, 2.05) is 6.07 Å². The van der Waals surface area contributed by atoms with Gasteiger partial charge in [-0.25, -0.2) is 4.79 Å². The molecule has 0 saturated heterocycles. The van der Waals surface area contributed by atoms with Crippen molar-refractivity contribution in [2.24, 2.45) is 0 Å². The molecule has 1 aliphatic carbocycles. The Morgan fingerprint density at radius 2 is 1.88 bits per heavy atom. The van der Waals surface area contributed by atoms with Gasteiger partial charge in [-0.3, -0.25) is 4.79 Å². The summed E-state index contributed by atoms with van der Waals surface area (Å²) in [6.45, 7) is 0. The topological polar surface area (TPSA) is 43.4 Å². The Morgan fingerprint density at radius 1 is 1.19 bits per heavy atom. The van der Waals surface area contributed by atoms with Crippen LogP contribution in [0.15, 0.2) is 23.0 Å². The number of aryl methyl sites for hydroxylation is 2. The van der Waals surface area contributed by atoms with Crippen molar-refractivity contribution >= 4 is 5.97 Å². The second kappa shape index (κ2) is 4.47. The highest BCUT2D eigenvalue weighted by Crippen LogP contribution is 2.19. The van der Waals surface area contributed by atoms with Crippen LogP contribution in [0, 0.1) is 0 Å². The molecule has 0 fully saturated rings. The van der Waals surface area contributed by atoms with Gasteiger partial charge in [0.1, 0.15) is 5.56 Å². The quantitative estimate of drug-likeness (QED) is 0.674. The van der Waals surface area contributed by atoms with E-state index in [4.69, 9.17) is 0 Å². The molecule has 1 aliphatic rings. The highest BCUT2D eigenvalue weighted by Gasteiger charge is 2.14. The molecule has 0 unspecified atom stereocenters. The largest absolute Gasteiger partial charge is 0.465 e. The fourth-order valence-electron chi connectivity index (χ4n) is 2.09. The predicted octanol–water partition coefficient (Wildman–Crippen LogP) is 1.71. The van der Waals surface area contributed by atoms with Gasteiger partial charge in [0, 0.05) is 0 Å². The van der Waals surface area contributed by atoms with Crippen LogP contribution in [0.4, 0.5) is 0 Å². The Bertz CT molecular complexity index is 477. The second-order valence-electron chi connectivity index (χ2n) is 4.00. The molecule has 0 heterocycles. The smallest absolute Gasteiger partial charge is 0.341 e. The van der Waals surface area contributed by atoms with Gasteiger partial charge in [-0.15, -0.1) is 0 Å². The van der Waals surface area contributed by atoms with E-state index in [1.165, 1.54) is 18.7 Å². The molecule has 0 atom stereocenters. The molecule has 0 aliphatic heterocycles. The zero-order valence-corrected chi connectivity index (χ0v) is 9.29. The molecule has 16 heavy (non-hydrogen) atoms. The van der Waals surface area contributed by atoms with E-state index in [0.717, 1.165) is 31.2 Å². The average molecular weight is 218 g/mol. The van der Waals surface area contributed by atoms with Crippen molar-refractivity contribution in [1.82, 2.24) is 0 Å². The van der Waals surface area contributed by atoms with Crippen molar-refractivity contribution in [1.29, 1.82) is 0 Å². The second-order valence-corrected chi connectivity index (χ2v) is 4.00. The van der Waals surface area contributed by atoms with Crippen molar-refractivity contribution in [2.45, 2.75) is 25.7 Å². The lowest BCUT2D eigenvalue weighted by Crippen LogP contribution is -2.13. The van der Waals surface area contributed by atoms with Crippen LogP contribution >= 0.6 is 0 Å². The van der Waals surface area contributed by atoms with Crippen molar-refractivity contribution in [3.05, 3.63) is 45.1 Å². The summed E-state index contributed by atoms with van der Waals surface area (Å²) in [6, 6.07) is 5.00. The van der Waals surface area contributed by atoms with E-state index in [0.29, 0.717) is 0 Å². The van der Waals surface area contributed by atoms with E-state index in [1.54, 1.807) is 6.07 Å². The standard InChI is InChI=1S/C13H14O3/c1-16-13(15)11-8-10-5-3-2-4-9(10)6-7-12(11)14/h6-8H,2-5H2,1H3. The van der Waals surface area contributed by atoms with Gasteiger partial charge in [0.15, 0.2) is 5.43 Å². The summed E-state index contributed by atoms with van der Waals surface area (Å²) in [5.74, 6) is -0.547. The molecule has 84 valence electrons. The van der Waals surface area contributed by atoms with Gasteiger partial charge in [-0.2, -0.15) is 0 Å². The highest BCUT2D eigenvalue weighted by molar-refractivity contribution is 5.89. The van der Waals surface area contributed by atoms with Gasteiger partial charge in [-0.1, -0.05) is 6.07 Å². The third-order valence-electron chi connectivity index (χ3n) is 2.98. The lowest BCUT2D eigenvalue weighted by Gasteiger charge is -2.12. The van der Waals surface area contributed by atoms with Crippen LogP contribution in [0.25, 0.3) is 0 Å². The Hall–Kier alpha value is -1.64. The van der Waals surface area contributed by atoms with E-state index in [9.17, 15) is 9.59 Å². The predicted molar refractivity (Wildman–Crippen MR) is 60.7 cm³/mol. The van der Waals surface area contributed by atoms with Crippen molar-refractivity contribution in [3.63, 3.8) is 0 Å². The third-order valence-corrected chi connectivity index (χ3v) is 2.98. The number of methoxy groups -OCH3 is 1. The third kappa shape index (κ3) is 1.98. The van der Waals surface area contributed by atoms with Crippen LogP contribution in [0.5, 0.6) is 0 Å². The lowest BCUT2D eigenvalue weighted by atomic mass is 9.93. The summed E-state index contributed by atoms with van der Waals surface area (Å²) in [5.41, 5.74) is 2.17. The minimum absolute atomic E-state index is 0.144. The molecule has 0 aromatic heterocycles. The fourth-order valence-corrected chi connectivity index (χ4v) is 2.09. The Kier molecular flexibility index (Phi) is 3.04. The van der Waals surface area contributed by atoms with E-state index in [2.05, 4.69) is 4.74 Å². The maximum absolute atomic E-state index is 11.7. The summed E-state index contributed by atoms with van der Waals surface area (Å²) in [7, 11) is 1.29. The van der Waals surface area contributed by atoms with E-state index < -0.39 is 5.97 Å². The minimum Gasteiger partial charge on any atom is -0.465 e. The van der Waals surface area contributed by atoms with Crippen molar-refractivity contribution in [3.8, 4) is 0 Å². The maximum Gasteiger partial charge on any atom is 0.341 e. The maximum atomic E-state index is 11.7. The number of fused-ring (bicyclic) bond motifs is 1. The first-order chi connectivity index (χ1) is 7.72. The Morgan fingerprint density at radius 3 is 2.56 bits per heavy atom. The van der Waals surface area contributed by atoms with Crippen molar-refractivity contribution < 1.29 is 9.53 Å². The van der Waals surface area contributed by atoms with Crippen LogP contribution in [0.1, 0.15) is 34.3 Å². The highest BCUT2D eigenvalue weighted by atomic mass is 16.5. The molecule has 2 rings (SSSR count). The molecule has 3 nitrogen and oxygen atoms in total. The fraction of sp³-hybridized carbons (Fsp3) is 0.385. The Balaban J connectivity index is 2.59. The Labute approximate surface area is 94.1 Å². The molecule has 0 saturated carbocycles. The number of carbonyl (C=O) groups is 1. The summed E-state index contributed by atoms with van der Waals surface area (Å²) in [4.78, 5) is 23.1. The molecule has 0 spiro atoms. The van der Waals surface area contributed by atoms with E-state index in [-0.39, 0.29) is 11.0 Å². The molecular weight excluding hydrogens is 204 g/mol. The van der Waals surface area contributed by atoms with Crippen LogP contribution in [-0.4, -0.2) is 13.1 Å². The first kappa shape index (κ1) is 10.9. The van der Waals surface area contributed by atoms with Crippen LogP contribution in [0.2, 0.25) is 0 Å². The average Bonchev–Trinajstić information content (AvgIpc) is 2.48. The van der Waals surface area contributed by atoms with Crippen LogP contribution in [-0.2, 0) is 17.6 Å². The number of carbonyl (C=O) groups excluding carboxylic acids is 1. The first-order valence-corrected chi connectivity index (χ1v) is 5.47. The van der Waals surface area contributed by atoms with Crippen LogP contribution < -0.4 is 5.43 Å². The molecule has 0 bridgehead atoms. The summed E-state index contributed by atoms with van der Waals surface area (Å²) < 4.78 is 4.61. The molecule has 1 aromatic carbocycles. The lowest BCUT2D eigenvalue weighted by molar-refractivity contribution is 0.0599. The summed E-state index contributed by atoms with van der Waals surface area (Å²) in [6.07, 6.45) is 4.20. The monoisotopic (exact) mass is 218 g/mol. The number of hydrogen-bond donors (Lipinski definition) is 0. The number of rotatable bonds is 1. The van der Waals surface area contributed by atoms with E-state index >= 15 is 0 Å². The number of hydrogen-bond acceptors (Lipinski definition) is 3. The summed E-state index contributed by atoms with van der Waals surface area (Å²) >= 11 is 0. The zero-order valence-electron chi connectivity index (χ0n) is 9.29. The molecule has 3 heteroatoms. The number of esters is 1. The van der Waals surface area contributed by atoms with Gasteiger partial charge in [-0.05, 0) is 48.9 Å². The van der Waals surface area contributed by atoms with Gasteiger partial charge in [0.05, 0.1) is 7.11 Å².